The van der Waals surface area contributed by atoms with E-state index in [9.17, 15) is 14.4 Å². The molecule has 0 bridgehead atoms. The molecule has 204 valence electrons. The maximum absolute atomic E-state index is 13.9. The Morgan fingerprint density at radius 2 is 1.76 bits per heavy atom. The topological polar surface area (TPSA) is 82.2 Å². The van der Waals surface area contributed by atoms with Crippen molar-refractivity contribution in [2.45, 2.75) is 72.1 Å². The van der Waals surface area contributed by atoms with Gasteiger partial charge in [-0.05, 0) is 55.5 Å². The van der Waals surface area contributed by atoms with Crippen molar-refractivity contribution in [2.24, 2.45) is 11.3 Å². The van der Waals surface area contributed by atoms with Crippen LogP contribution in [0.1, 0.15) is 64.2 Å². The minimum atomic E-state index is -0.735. The molecular weight excluding hydrogens is 468 g/mol. The minimum absolute atomic E-state index is 0.0419. The number of likely N-dealkylation sites (tertiary alicyclic amines) is 1. The van der Waals surface area contributed by atoms with Crippen LogP contribution < -0.4 is 10.2 Å². The highest BCUT2D eigenvalue weighted by Gasteiger charge is 2.53. The summed E-state index contributed by atoms with van der Waals surface area (Å²) in [6, 6.07) is 6.41. The summed E-state index contributed by atoms with van der Waals surface area (Å²) in [5.41, 5.74) is 1.17. The van der Waals surface area contributed by atoms with Gasteiger partial charge in [0.25, 0.3) is 5.91 Å². The average molecular weight is 513 g/mol. The van der Waals surface area contributed by atoms with Crippen LogP contribution in [0.2, 0.25) is 0 Å². The first-order chi connectivity index (χ1) is 17.7. The lowest BCUT2D eigenvalue weighted by Gasteiger charge is -2.37. The molecule has 1 aromatic rings. The van der Waals surface area contributed by atoms with Crippen molar-refractivity contribution in [1.29, 1.82) is 0 Å². The van der Waals surface area contributed by atoms with Gasteiger partial charge in [0.05, 0.1) is 6.10 Å². The van der Waals surface area contributed by atoms with E-state index in [2.05, 4.69) is 29.0 Å². The summed E-state index contributed by atoms with van der Waals surface area (Å²) in [7, 11) is 0. The molecule has 1 N–H and O–H groups in total. The largest absolute Gasteiger partial charge is 0.369 e. The third kappa shape index (κ3) is 5.70. The molecule has 3 heterocycles. The van der Waals surface area contributed by atoms with Crippen molar-refractivity contribution in [1.82, 2.24) is 15.1 Å². The number of carbonyl (C=O) groups is 3. The summed E-state index contributed by atoms with van der Waals surface area (Å²) in [5.74, 6) is -0.361. The Labute approximate surface area is 221 Å². The molecule has 3 aliphatic heterocycles. The number of hydrogen-bond acceptors (Lipinski definition) is 6. The lowest BCUT2D eigenvalue weighted by molar-refractivity contribution is -0.140. The fourth-order valence-electron chi connectivity index (χ4n) is 5.89. The molecule has 3 fully saturated rings. The predicted octanol–water partition coefficient (Wildman–Crippen LogP) is 2.96. The molecule has 0 spiro atoms. The van der Waals surface area contributed by atoms with Gasteiger partial charge in [0, 0.05) is 49.9 Å². The maximum Gasteiger partial charge on any atom is 0.251 e. The first-order valence-corrected chi connectivity index (χ1v) is 14.0. The molecule has 8 nitrogen and oxygen atoms in total. The van der Waals surface area contributed by atoms with Gasteiger partial charge in [0.1, 0.15) is 18.7 Å². The van der Waals surface area contributed by atoms with Crippen LogP contribution in [-0.4, -0.2) is 91.5 Å². The van der Waals surface area contributed by atoms with Crippen molar-refractivity contribution < 1.29 is 19.1 Å². The highest BCUT2D eigenvalue weighted by Crippen LogP contribution is 2.36. The number of anilines is 1. The van der Waals surface area contributed by atoms with Crippen LogP contribution in [0.15, 0.2) is 24.3 Å². The second-order valence-corrected chi connectivity index (χ2v) is 11.5. The van der Waals surface area contributed by atoms with E-state index in [4.69, 9.17) is 4.74 Å². The number of piperazine rings is 1. The Balaban J connectivity index is 1.46. The first-order valence-electron chi connectivity index (χ1n) is 14.0. The lowest BCUT2D eigenvalue weighted by atomic mass is 9.80. The number of hydrogen-bond donors (Lipinski definition) is 1. The fraction of sp³-hybridized carbons (Fsp3) is 0.690. The van der Waals surface area contributed by atoms with Crippen molar-refractivity contribution in [3.8, 4) is 0 Å². The Morgan fingerprint density at radius 3 is 2.35 bits per heavy atom. The number of benzene rings is 1. The minimum Gasteiger partial charge on any atom is -0.369 e. The average Bonchev–Trinajstić information content (AvgIpc) is 3.47. The summed E-state index contributed by atoms with van der Waals surface area (Å²) in [6.45, 7) is 16.0. The predicted molar refractivity (Wildman–Crippen MR) is 145 cm³/mol. The number of ketones is 1. The highest BCUT2D eigenvalue weighted by molar-refractivity contribution is 5.99. The summed E-state index contributed by atoms with van der Waals surface area (Å²) < 4.78 is 5.76. The van der Waals surface area contributed by atoms with Crippen molar-refractivity contribution in [2.75, 3.05) is 50.8 Å². The standard InChI is InChI=1S/C29H44N4O4/c1-6-13-31-14-16-32(17-15-31)22-11-9-21(10-12-22)27(35)30-26(29(4,5)8-3)28(36)33-18-20(7-2)25-24(33)23(34)19-37-25/h9-12,20,24-26H,6-8,13-19H2,1-5H3,(H,30,35)/t20-,24+,25+,26?/m0/s1. The Morgan fingerprint density at radius 1 is 1.08 bits per heavy atom. The van der Waals surface area contributed by atoms with Crippen LogP contribution in [0.4, 0.5) is 5.69 Å². The molecule has 37 heavy (non-hydrogen) atoms. The molecular formula is C29H44N4O4. The number of Topliss-reactive ketones (excluding diaryl/α,β-unsaturated/α-hetero) is 1. The Kier molecular flexibility index (Phi) is 8.59. The van der Waals surface area contributed by atoms with Crippen LogP contribution in [0, 0.1) is 11.3 Å². The van der Waals surface area contributed by atoms with E-state index < -0.39 is 17.5 Å². The molecule has 1 unspecified atom stereocenters. The van der Waals surface area contributed by atoms with Crippen LogP contribution >= 0.6 is 0 Å². The molecule has 8 heteroatoms. The van der Waals surface area contributed by atoms with E-state index in [0.29, 0.717) is 18.5 Å². The maximum atomic E-state index is 13.9. The van der Waals surface area contributed by atoms with Gasteiger partial charge in [-0.15, -0.1) is 0 Å². The van der Waals surface area contributed by atoms with Gasteiger partial charge in [-0.25, -0.2) is 0 Å². The summed E-state index contributed by atoms with van der Waals surface area (Å²) in [5, 5.41) is 3.05. The highest BCUT2D eigenvalue weighted by atomic mass is 16.5. The van der Waals surface area contributed by atoms with Crippen molar-refractivity contribution in [3.63, 3.8) is 0 Å². The first kappa shape index (κ1) is 27.6. The molecule has 0 saturated carbocycles. The van der Waals surface area contributed by atoms with E-state index in [1.165, 1.54) is 6.42 Å². The van der Waals surface area contributed by atoms with Gasteiger partial charge in [0.2, 0.25) is 5.91 Å². The van der Waals surface area contributed by atoms with E-state index in [1.807, 2.05) is 45.0 Å². The zero-order valence-corrected chi connectivity index (χ0v) is 23.2. The Bertz CT molecular complexity index is 971. The van der Waals surface area contributed by atoms with E-state index in [-0.39, 0.29) is 36.2 Å². The number of ether oxygens (including phenoxy) is 1. The van der Waals surface area contributed by atoms with Gasteiger partial charge < -0.3 is 19.9 Å². The number of amides is 2. The number of nitrogens with zero attached hydrogens (tertiary/aromatic N) is 3. The zero-order chi connectivity index (χ0) is 26.7. The van der Waals surface area contributed by atoms with Gasteiger partial charge >= 0.3 is 0 Å². The van der Waals surface area contributed by atoms with Crippen LogP contribution in [0.3, 0.4) is 0 Å². The number of rotatable bonds is 9. The van der Waals surface area contributed by atoms with E-state index >= 15 is 0 Å². The summed E-state index contributed by atoms with van der Waals surface area (Å²) in [4.78, 5) is 46.4. The molecule has 4 atom stereocenters. The molecule has 3 saturated heterocycles. The van der Waals surface area contributed by atoms with Crippen molar-refractivity contribution in [3.05, 3.63) is 29.8 Å². The van der Waals surface area contributed by atoms with Gasteiger partial charge in [-0.3, -0.25) is 19.3 Å². The van der Waals surface area contributed by atoms with E-state index in [0.717, 1.165) is 44.8 Å². The molecule has 0 aliphatic carbocycles. The second kappa shape index (κ2) is 11.5. The smallest absolute Gasteiger partial charge is 0.251 e. The zero-order valence-electron chi connectivity index (χ0n) is 23.2. The molecule has 1 aromatic carbocycles. The normalized spacial score (nSPS) is 25.3. The molecule has 0 radical (unpaired) electrons. The summed E-state index contributed by atoms with van der Waals surface area (Å²) in [6.07, 6.45) is 2.48. The van der Waals surface area contributed by atoms with Gasteiger partial charge in [0.15, 0.2) is 5.78 Å². The quantitative estimate of drug-likeness (QED) is 0.548. The molecule has 0 aromatic heterocycles. The SMILES string of the molecule is CCCN1CCN(c2ccc(C(=O)NC(C(=O)N3C[C@H](CC)[C@H]4OCC(=O)[C@H]43)C(C)(C)CC)cc2)CC1. The molecule has 3 aliphatic rings. The summed E-state index contributed by atoms with van der Waals surface area (Å²) >= 11 is 0. The fourth-order valence-corrected chi connectivity index (χ4v) is 5.89. The Hall–Kier alpha value is -2.45. The number of nitrogens with one attached hydrogen (secondary N) is 1. The number of fused-ring (bicyclic) bond motifs is 1. The second-order valence-electron chi connectivity index (χ2n) is 11.5. The van der Waals surface area contributed by atoms with Crippen LogP contribution in [0.5, 0.6) is 0 Å². The molecule has 4 rings (SSSR count). The lowest BCUT2D eigenvalue weighted by Crippen LogP contribution is -2.57. The molecule has 2 amide bonds. The third-order valence-electron chi connectivity index (χ3n) is 8.72. The van der Waals surface area contributed by atoms with E-state index in [1.54, 1.807) is 4.90 Å². The van der Waals surface area contributed by atoms with Crippen LogP contribution in [-0.2, 0) is 14.3 Å². The van der Waals surface area contributed by atoms with Crippen LogP contribution in [0.25, 0.3) is 0 Å². The third-order valence-corrected chi connectivity index (χ3v) is 8.72. The monoisotopic (exact) mass is 512 g/mol. The number of carbonyl (C=O) groups excluding carboxylic acids is 3. The van der Waals surface area contributed by atoms with Crippen molar-refractivity contribution >= 4 is 23.3 Å². The van der Waals surface area contributed by atoms with Gasteiger partial charge in [-0.1, -0.05) is 34.6 Å². The van der Waals surface area contributed by atoms with Gasteiger partial charge in [-0.2, -0.15) is 0 Å².